The zero-order valence-corrected chi connectivity index (χ0v) is 22.3. The summed E-state index contributed by atoms with van der Waals surface area (Å²) in [4.78, 5) is 24.1. The van der Waals surface area contributed by atoms with Crippen LogP contribution in [0.4, 0.5) is 11.6 Å². The lowest BCUT2D eigenvalue weighted by Crippen LogP contribution is -2.38. The second kappa shape index (κ2) is 15.2. The summed E-state index contributed by atoms with van der Waals surface area (Å²) in [5.41, 5.74) is 16.9. The average Bonchev–Trinajstić information content (AvgIpc) is 2.86. The van der Waals surface area contributed by atoms with Gasteiger partial charge in [0.25, 0.3) is 5.91 Å². The lowest BCUT2D eigenvalue weighted by molar-refractivity contribution is -0.200. The van der Waals surface area contributed by atoms with Crippen molar-refractivity contribution in [3.8, 4) is 0 Å². The van der Waals surface area contributed by atoms with Gasteiger partial charge in [0, 0.05) is 19.6 Å². The smallest absolute Gasteiger partial charge is 0.280 e. The van der Waals surface area contributed by atoms with Crippen molar-refractivity contribution < 1.29 is 19.0 Å². The number of nitrogen functional groups attached to an aromatic ring is 2. The lowest BCUT2D eigenvalue weighted by atomic mass is 9.84. The Morgan fingerprint density at radius 2 is 1.95 bits per heavy atom. The number of aliphatic imine (C=N–C) groups is 1. The molecule has 37 heavy (non-hydrogen) atoms. The minimum Gasteiger partial charge on any atom is -0.382 e. The third-order valence-corrected chi connectivity index (χ3v) is 6.92. The third kappa shape index (κ3) is 10.2. The van der Waals surface area contributed by atoms with Crippen molar-refractivity contribution in [2.75, 3.05) is 44.3 Å². The van der Waals surface area contributed by atoms with Crippen LogP contribution in [0.5, 0.6) is 0 Å². The van der Waals surface area contributed by atoms with Crippen molar-refractivity contribution in [2.45, 2.75) is 76.8 Å². The number of guanidine groups is 1. The quantitative estimate of drug-likeness (QED) is 0.149. The van der Waals surface area contributed by atoms with E-state index in [9.17, 15) is 4.79 Å². The maximum Gasteiger partial charge on any atom is 0.280 e. The first-order valence-corrected chi connectivity index (χ1v) is 13.5. The fraction of sp³-hybridized carbons (Fsp3) is 0.750. The van der Waals surface area contributed by atoms with Crippen LogP contribution in [0.1, 0.15) is 68.8 Å². The van der Waals surface area contributed by atoms with Crippen LogP contribution in [0, 0.1) is 5.92 Å². The molecule has 0 spiro atoms. The first-order chi connectivity index (χ1) is 17.8. The second-order valence-electron chi connectivity index (χ2n) is 9.55. The van der Waals surface area contributed by atoms with E-state index in [1.807, 2.05) is 6.92 Å². The van der Waals surface area contributed by atoms with Crippen molar-refractivity contribution in [1.82, 2.24) is 20.6 Å². The van der Waals surface area contributed by atoms with Crippen LogP contribution in [0.15, 0.2) is 4.99 Å². The number of carbonyl (C=O) groups excluding carboxylic acids is 1. The van der Waals surface area contributed by atoms with E-state index in [2.05, 4.69) is 25.6 Å². The van der Waals surface area contributed by atoms with E-state index in [-0.39, 0.29) is 40.8 Å². The molecule has 208 valence electrons. The topological polar surface area (TPSA) is 185 Å². The maximum absolute atomic E-state index is 12.3. The predicted octanol–water partition coefficient (Wildman–Crippen LogP) is 1.83. The molecule has 0 radical (unpaired) electrons. The van der Waals surface area contributed by atoms with E-state index >= 15 is 0 Å². The third-order valence-electron chi connectivity index (χ3n) is 6.64. The van der Waals surface area contributed by atoms with E-state index in [0.717, 1.165) is 70.7 Å². The summed E-state index contributed by atoms with van der Waals surface area (Å²) in [5.74, 6) is -0.0761. The molecule has 12 nitrogen and oxygen atoms in total. The molecule has 2 heterocycles. The molecule has 8 N–H and O–H groups in total. The summed E-state index contributed by atoms with van der Waals surface area (Å²) in [7, 11) is 0. The van der Waals surface area contributed by atoms with Crippen LogP contribution in [0.2, 0.25) is 5.15 Å². The predicted molar refractivity (Wildman–Crippen MR) is 143 cm³/mol. The normalized spacial score (nSPS) is 24.6. The summed E-state index contributed by atoms with van der Waals surface area (Å²) >= 11 is 5.81. The first-order valence-electron chi connectivity index (χ1n) is 13.1. The number of nitrogens with zero attached hydrogens (tertiary/aromatic N) is 3. The van der Waals surface area contributed by atoms with Gasteiger partial charge in [-0.15, -0.1) is 0 Å². The molecule has 2 aliphatic rings. The van der Waals surface area contributed by atoms with Gasteiger partial charge >= 0.3 is 0 Å². The minimum absolute atomic E-state index is 0.00105. The Labute approximate surface area is 223 Å². The van der Waals surface area contributed by atoms with Crippen molar-refractivity contribution in [1.29, 1.82) is 0 Å². The van der Waals surface area contributed by atoms with Crippen LogP contribution in [-0.2, 0) is 14.2 Å². The standard InChI is InChI=1S/C24H41ClN8O4/c1-15-35-12-9-18(37-15)14-29-11-13-36-17-7-5-16(6-8-17)4-2-3-10-30-24(28)33-23(34)19-21(26)32-22(27)20(25)31-19/h15-18,29H,2-14H2,1H3,(H4,26,27,32)(H3,28,30,33,34). The van der Waals surface area contributed by atoms with Gasteiger partial charge in [0.05, 0.1) is 25.4 Å². The number of ether oxygens (including phenoxy) is 3. The minimum atomic E-state index is -0.633. The van der Waals surface area contributed by atoms with Crippen LogP contribution in [-0.4, -0.2) is 73.2 Å². The summed E-state index contributed by atoms with van der Waals surface area (Å²) in [6.07, 6.45) is 9.15. The Kier molecular flexibility index (Phi) is 12.1. The molecule has 0 bridgehead atoms. The number of anilines is 2. The fourth-order valence-corrected chi connectivity index (χ4v) is 4.74. The number of unbranched alkanes of at least 4 members (excludes halogenated alkanes) is 1. The summed E-state index contributed by atoms with van der Waals surface area (Å²) in [6.45, 7) is 5.64. The van der Waals surface area contributed by atoms with Crippen LogP contribution in [0.3, 0.4) is 0 Å². The number of aromatic nitrogens is 2. The van der Waals surface area contributed by atoms with Gasteiger partial charge in [-0.2, -0.15) is 0 Å². The Morgan fingerprint density at radius 1 is 1.16 bits per heavy atom. The molecule has 13 heteroatoms. The van der Waals surface area contributed by atoms with E-state index in [1.54, 1.807) is 0 Å². The van der Waals surface area contributed by atoms with Crippen molar-refractivity contribution in [3.63, 3.8) is 0 Å². The number of halogens is 1. The van der Waals surface area contributed by atoms with Gasteiger partial charge in [0.15, 0.2) is 34.7 Å². The lowest BCUT2D eigenvalue weighted by Gasteiger charge is -2.29. The summed E-state index contributed by atoms with van der Waals surface area (Å²) in [6, 6.07) is 0. The van der Waals surface area contributed by atoms with E-state index in [1.165, 1.54) is 12.8 Å². The molecule has 2 unspecified atom stereocenters. The van der Waals surface area contributed by atoms with Crippen LogP contribution in [0.25, 0.3) is 0 Å². The summed E-state index contributed by atoms with van der Waals surface area (Å²) in [5, 5.41) is 5.78. The SMILES string of the molecule is CC1OCCC(CNCCOC2CCC(CCCCN=C(N)NC(=O)c3nc(Cl)c(N)nc3N)CC2)O1. The molecule has 1 saturated heterocycles. The molecule has 2 fully saturated rings. The van der Waals surface area contributed by atoms with Crippen LogP contribution >= 0.6 is 11.6 Å². The molecule has 3 rings (SSSR count). The molecular formula is C24H41ClN8O4. The number of nitrogens with one attached hydrogen (secondary N) is 2. The molecule has 1 aliphatic carbocycles. The number of nitrogens with two attached hydrogens (primary N) is 3. The first kappa shape index (κ1) is 29.3. The van der Waals surface area contributed by atoms with E-state index in [0.29, 0.717) is 12.6 Å². The molecule has 1 aromatic heterocycles. The van der Waals surface area contributed by atoms with Gasteiger partial charge in [-0.3, -0.25) is 15.1 Å². The van der Waals surface area contributed by atoms with E-state index < -0.39 is 5.91 Å². The number of carbonyl (C=O) groups is 1. The highest BCUT2D eigenvalue weighted by Crippen LogP contribution is 2.29. The maximum atomic E-state index is 12.3. The Bertz CT molecular complexity index is 898. The Hall–Kier alpha value is -2.25. The van der Waals surface area contributed by atoms with Crippen molar-refractivity contribution in [2.24, 2.45) is 16.6 Å². The molecular weight excluding hydrogens is 500 g/mol. The van der Waals surface area contributed by atoms with Gasteiger partial charge in [-0.05, 0) is 51.4 Å². The van der Waals surface area contributed by atoms with Gasteiger partial charge in [0.2, 0.25) is 0 Å². The van der Waals surface area contributed by atoms with Crippen LogP contribution < -0.4 is 27.8 Å². The zero-order valence-electron chi connectivity index (χ0n) is 21.6. The number of hydrogen-bond donors (Lipinski definition) is 5. The number of amides is 1. The monoisotopic (exact) mass is 540 g/mol. The number of rotatable bonds is 12. The largest absolute Gasteiger partial charge is 0.382 e. The molecule has 1 aromatic rings. The van der Waals surface area contributed by atoms with Crippen molar-refractivity contribution >= 4 is 35.1 Å². The number of hydrogen-bond acceptors (Lipinski definition) is 10. The van der Waals surface area contributed by atoms with E-state index in [4.69, 9.17) is 43.0 Å². The highest BCUT2D eigenvalue weighted by Gasteiger charge is 2.22. The second-order valence-corrected chi connectivity index (χ2v) is 9.91. The highest BCUT2D eigenvalue weighted by atomic mass is 35.5. The Balaban J connectivity index is 1.21. The molecule has 1 saturated carbocycles. The van der Waals surface area contributed by atoms with Gasteiger partial charge in [0.1, 0.15) is 0 Å². The van der Waals surface area contributed by atoms with Gasteiger partial charge in [-0.25, -0.2) is 9.97 Å². The van der Waals surface area contributed by atoms with Crippen molar-refractivity contribution in [3.05, 3.63) is 10.8 Å². The molecule has 1 amide bonds. The summed E-state index contributed by atoms with van der Waals surface area (Å²) < 4.78 is 17.2. The molecule has 0 aromatic carbocycles. The molecule has 1 aliphatic heterocycles. The molecule has 2 atom stereocenters. The van der Waals surface area contributed by atoms with Gasteiger partial charge in [-0.1, -0.05) is 24.4 Å². The zero-order chi connectivity index (χ0) is 26.6. The Morgan fingerprint density at radius 3 is 2.70 bits per heavy atom. The fourth-order valence-electron chi connectivity index (χ4n) is 4.61. The average molecular weight is 541 g/mol. The highest BCUT2D eigenvalue weighted by molar-refractivity contribution is 6.31. The van der Waals surface area contributed by atoms with Gasteiger partial charge < -0.3 is 36.7 Å².